The number of rotatable bonds is 8. The molecule has 2 aromatic carbocycles. The van der Waals surface area contributed by atoms with E-state index >= 15 is 0 Å². The van der Waals surface area contributed by atoms with E-state index in [4.69, 9.17) is 4.74 Å². The number of hydrogen-bond donors (Lipinski definition) is 2. The quantitative estimate of drug-likeness (QED) is 0.783. The molecule has 2 aromatic rings. The van der Waals surface area contributed by atoms with Crippen LogP contribution >= 0.6 is 0 Å². The van der Waals surface area contributed by atoms with E-state index in [2.05, 4.69) is 0 Å². The first-order chi connectivity index (χ1) is 11.1. The molecule has 0 spiro atoms. The number of aliphatic carboxylic acids is 1. The average molecular weight is 314 g/mol. The SMILES string of the molecule is COc1ccc([C@H](O)[C@@H](CCCc2ccccc2)C(=O)O)cc1. The summed E-state index contributed by atoms with van der Waals surface area (Å²) >= 11 is 0. The highest BCUT2D eigenvalue weighted by molar-refractivity contribution is 5.71. The normalized spacial score (nSPS) is 13.3. The minimum absolute atomic E-state index is 0.428. The molecule has 122 valence electrons. The van der Waals surface area contributed by atoms with Crippen molar-refractivity contribution in [3.63, 3.8) is 0 Å². The second-order valence-electron chi connectivity index (χ2n) is 5.54. The van der Waals surface area contributed by atoms with E-state index in [9.17, 15) is 15.0 Å². The summed E-state index contributed by atoms with van der Waals surface area (Å²) in [6, 6.07) is 16.8. The lowest BCUT2D eigenvalue weighted by atomic mass is 9.90. The molecule has 0 amide bonds. The molecule has 2 N–H and O–H groups in total. The van der Waals surface area contributed by atoms with Gasteiger partial charge in [-0.3, -0.25) is 4.79 Å². The summed E-state index contributed by atoms with van der Waals surface area (Å²) in [5.41, 5.74) is 1.77. The Hall–Kier alpha value is -2.33. The van der Waals surface area contributed by atoms with Gasteiger partial charge in [0.1, 0.15) is 5.75 Å². The molecule has 0 aliphatic heterocycles. The number of benzene rings is 2. The van der Waals surface area contributed by atoms with E-state index in [-0.39, 0.29) is 0 Å². The van der Waals surface area contributed by atoms with Crippen LogP contribution in [0.4, 0.5) is 0 Å². The van der Waals surface area contributed by atoms with E-state index in [0.29, 0.717) is 24.2 Å². The van der Waals surface area contributed by atoms with Crippen LogP contribution in [0.3, 0.4) is 0 Å². The lowest BCUT2D eigenvalue weighted by Crippen LogP contribution is -2.22. The van der Waals surface area contributed by atoms with Crippen molar-refractivity contribution in [1.29, 1.82) is 0 Å². The molecule has 0 radical (unpaired) electrons. The van der Waals surface area contributed by atoms with Crippen LogP contribution in [-0.4, -0.2) is 23.3 Å². The Labute approximate surface area is 136 Å². The molecular weight excluding hydrogens is 292 g/mol. The first kappa shape index (κ1) is 17.0. The Balaban J connectivity index is 1.97. The van der Waals surface area contributed by atoms with Crippen LogP contribution in [-0.2, 0) is 11.2 Å². The predicted molar refractivity (Wildman–Crippen MR) is 88.5 cm³/mol. The summed E-state index contributed by atoms with van der Waals surface area (Å²) in [5.74, 6) is -1.11. The lowest BCUT2D eigenvalue weighted by molar-refractivity contribution is -0.146. The van der Waals surface area contributed by atoms with Gasteiger partial charge in [0.15, 0.2) is 0 Å². The number of carbonyl (C=O) groups is 1. The second kappa shape index (κ2) is 8.34. The number of ether oxygens (including phenoxy) is 1. The summed E-state index contributed by atoms with van der Waals surface area (Å²) in [7, 11) is 1.56. The van der Waals surface area contributed by atoms with Crippen molar-refractivity contribution in [3.8, 4) is 5.75 Å². The molecule has 0 fully saturated rings. The fourth-order valence-electron chi connectivity index (χ4n) is 2.62. The zero-order valence-electron chi connectivity index (χ0n) is 13.2. The van der Waals surface area contributed by atoms with Crippen molar-refractivity contribution < 1.29 is 19.7 Å². The Morgan fingerprint density at radius 3 is 2.30 bits per heavy atom. The maximum Gasteiger partial charge on any atom is 0.309 e. The fourth-order valence-corrected chi connectivity index (χ4v) is 2.62. The van der Waals surface area contributed by atoms with Crippen molar-refractivity contribution >= 4 is 5.97 Å². The van der Waals surface area contributed by atoms with Gasteiger partial charge in [0.05, 0.1) is 19.1 Å². The van der Waals surface area contributed by atoms with Gasteiger partial charge < -0.3 is 14.9 Å². The highest BCUT2D eigenvalue weighted by Gasteiger charge is 2.27. The number of aryl methyl sites for hydroxylation is 1. The van der Waals surface area contributed by atoms with Gasteiger partial charge in [-0.2, -0.15) is 0 Å². The predicted octanol–water partition coefficient (Wildman–Crippen LogP) is 3.45. The minimum Gasteiger partial charge on any atom is -0.497 e. The summed E-state index contributed by atoms with van der Waals surface area (Å²) in [4.78, 5) is 11.5. The molecule has 0 saturated heterocycles. The number of hydrogen-bond acceptors (Lipinski definition) is 3. The molecule has 0 aromatic heterocycles. The molecule has 0 aliphatic carbocycles. The van der Waals surface area contributed by atoms with Crippen LogP contribution in [0, 0.1) is 5.92 Å². The van der Waals surface area contributed by atoms with E-state index in [1.54, 1.807) is 31.4 Å². The molecule has 4 nitrogen and oxygen atoms in total. The van der Waals surface area contributed by atoms with Gasteiger partial charge in [-0.05, 0) is 42.5 Å². The third-order valence-electron chi connectivity index (χ3n) is 3.98. The lowest BCUT2D eigenvalue weighted by Gasteiger charge is -2.19. The van der Waals surface area contributed by atoms with Gasteiger partial charge >= 0.3 is 5.97 Å². The zero-order chi connectivity index (χ0) is 16.7. The Morgan fingerprint density at radius 1 is 1.09 bits per heavy atom. The highest BCUT2D eigenvalue weighted by Crippen LogP contribution is 2.28. The first-order valence-electron chi connectivity index (χ1n) is 7.70. The van der Waals surface area contributed by atoms with E-state index in [1.807, 2.05) is 30.3 Å². The van der Waals surface area contributed by atoms with Gasteiger partial charge in [0.2, 0.25) is 0 Å². The summed E-state index contributed by atoms with van der Waals surface area (Å²) in [5, 5.41) is 19.8. The molecule has 0 saturated carbocycles. The van der Waals surface area contributed by atoms with E-state index in [1.165, 1.54) is 5.56 Å². The van der Waals surface area contributed by atoms with Crippen molar-refractivity contribution in [1.82, 2.24) is 0 Å². The summed E-state index contributed by atoms with van der Waals surface area (Å²) < 4.78 is 5.07. The summed E-state index contributed by atoms with van der Waals surface area (Å²) in [6.07, 6.45) is 0.931. The second-order valence-corrected chi connectivity index (χ2v) is 5.54. The maximum absolute atomic E-state index is 11.5. The van der Waals surface area contributed by atoms with Crippen molar-refractivity contribution in [2.45, 2.75) is 25.4 Å². The number of carboxylic acids is 1. The van der Waals surface area contributed by atoms with E-state index < -0.39 is 18.0 Å². The van der Waals surface area contributed by atoms with Crippen molar-refractivity contribution in [2.75, 3.05) is 7.11 Å². The molecule has 0 aliphatic rings. The highest BCUT2D eigenvalue weighted by atomic mass is 16.5. The monoisotopic (exact) mass is 314 g/mol. The van der Waals surface area contributed by atoms with Gasteiger partial charge in [0.25, 0.3) is 0 Å². The molecule has 2 rings (SSSR count). The first-order valence-corrected chi connectivity index (χ1v) is 7.70. The fraction of sp³-hybridized carbons (Fsp3) is 0.316. The topological polar surface area (TPSA) is 66.8 Å². The van der Waals surface area contributed by atoms with Crippen LogP contribution in [0.5, 0.6) is 5.75 Å². The standard InChI is InChI=1S/C19H22O4/c1-23-16-12-10-15(11-13-16)18(20)17(19(21)22)9-5-8-14-6-3-2-4-7-14/h2-4,6-7,10-13,17-18,20H,5,8-9H2,1H3,(H,21,22)/t17-,18+/m1/s1. The van der Waals surface area contributed by atoms with Crippen LogP contribution in [0.25, 0.3) is 0 Å². The molecule has 2 atom stereocenters. The summed E-state index contributed by atoms with van der Waals surface area (Å²) in [6.45, 7) is 0. The smallest absolute Gasteiger partial charge is 0.309 e. The number of aliphatic hydroxyl groups is 1. The number of methoxy groups -OCH3 is 1. The van der Waals surface area contributed by atoms with Crippen LogP contribution in [0.1, 0.15) is 30.1 Å². The Bertz CT molecular complexity index is 607. The largest absolute Gasteiger partial charge is 0.497 e. The minimum atomic E-state index is -1.02. The zero-order valence-corrected chi connectivity index (χ0v) is 13.2. The average Bonchev–Trinajstić information content (AvgIpc) is 2.59. The van der Waals surface area contributed by atoms with Gasteiger partial charge in [-0.1, -0.05) is 42.5 Å². The molecule has 0 unspecified atom stereocenters. The molecule has 0 bridgehead atoms. The van der Waals surface area contributed by atoms with Crippen LogP contribution in [0.15, 0.2) is 54.6 Å². The van der Waals surface area contributed by atoms with Gasteiger partial charge in [-0.25, -0.2) is 0 Å². The third kappa shape index (κ3) is 4.83. The third-order valence-corrected chi connectivity index (χ3v) is 3.98. The molecule has 4 heteroatoms. The Kier molecular flexibility index (Phi) is 6.18. The van der Waals surface area contributed by atoms with Crippen molar-refractivity contribution in [2.24, 2.45) is 5.92 Å². The van der Waals surface area contributed by atoms with Gasteiger partial charge in [-0.15, -0.1) is 0 Å². The van der Waals surface area contributed by atoms with Crippen LogP contribution in [0.2, 0.25) is 0 Å². The van der Waals surface area contributed by atoms with Crippen LogP contribution < -0.4 is 4.74 Å². The molecule has 0 heterocycles. The Morgan fingerprint density at radius 2 is 1.74 bits per heavy atom. The number of carboxylic acid groups (broad SMARTS) is 1. The molecular formula is C19H22O4. The maximum atomic E-state index is 11.5. The van der Waals surface area contributed by atoms with Gasteiger partial charge in [0, 0.05) is 0 Å². The molecule has 23 heavy (non-hydrogen) atoms. The number of aliphatic hydroxyl groups excluding tert-OH is 1. The van der Waals surface area contributed by atoms with E-state index in [0.717, 1.165) is 6.42 Å². The van der Waals surface area contributed by atoms with Crippen molar-refractivity contribution in [3.05, 3.63) is 65.7 Å².